The smallest absolute Gasteiger partial charge is 0.442 e. The molecule has 1 aliphatic rings. The van der Waals surface area contributed by atoms with Gasteiger partial charge >= 0.3 is 7.60 Å². The molecule has 4 nitrogen and oxygen atoms in total. The summed E-state index contributed by atoms with van der Waals surface area (Å²) < 4.78 is 32.9. The maximum absolute atomic E-state index is 14.5. The Balaban J connectivity index is 1.64. The molecule has 1 aliphatic heterocycles. The van der Waals surface area contributed by atoms with Crippen LogP contribution in [0.3, 0.4) is 0 Å². The first-order valence-corrected chi connectivity index (χ1v) is 12.4. The topological polar surface area (TPSA) is 44.8 Å². The van der Waals surface area contributed by atoms with Gasteiger partial charge in [-0.05, 0) is 48.5 Å². The summed E-state index contributed by atoms with van der Waals surface area (Å²) >= 11 is 6.22. The van der Waals surface area contributed by atoms with E-state index in [4.69, 9.17) is 25.4 Å². The summed E-state index contributed by atoms with van der Waals surface area (Å²) in [5, 5.41) is 0.580. The Labute approximate surface area is 197 Å². The number of benzene rings is 4. The maximum atomic E-state index is 14.5. The Hall–Kier alpha value is -3.46. The molecule has 0 amide bonds. The molecule has 0 saturated carbocycles. The van der Waals surface area contributed by atoms with Crippen molar-refractivity contribution in [3.05, 3.63) is 131 Å². The fourth-order valence-corrected chi connectivity index (χ4v) is 5.81. The van der Waals surface area contributed by atoms with Gasteiger partial charge in [0.1, 0.15) is 28.7 Å². The van der Waals surface area contributed by atoms with Crippen LogP contribution in [0.4, 0.5) is 0 Å². The molecular formula is C27H20ClO4P. The Morgan fingerprint density at radius 2 is 1.33 bits per heavy atom. The van der Waals surface area contributed by atoms with Gasteiger partial charge in [-0.25, -0.2) is 4.57 Å². The zero-order chi connectivity index (χ0) is 22.7. The zero-order valence-electron chi connectivity index (χ0n) is 17.5. The monoisotopic (exact) mass is 474 g/mol. The number of halogens is 1. The molecule has 4 aromatic carbocycles. The number of fused-ring (bicyclic) bond motifs is 1. The average Bonchev–Trinajstić information content (AvgIpc) is 2.84. The predicted octanol–water partition coefficient (Wildman–Crippen LogP) is 8.17. The number of rotatable bonds is 6. The summed E-state index contributed by atoms with van der Waals surface area (Å²) in [6.45, 7) is 0. The fourth-order valence-electron chi connectivity index (χ4n) is 3.65. The second-order valence-corrected chi connectivity index (χ2v) is 9.91. The first-order valence-electron chi connectivity index (χ1n) is 10.4. The first kappa shape index (κ1) is 21.4. The highest BCUT2D eigenvalue weighted by molar-refractivity contribution is 7.55. The van der Waals surface area contributed by atoms with Crippen molar-refractivity contribution in [1.82, 2.24) is 0 Å². The quantitative estimate of drug-likeness (QED) is 0.264. The maximum Gasteiger partial charge on any atom is 0.442 e. The third kappa shape index (κ3) is 4.68. The van der Waals surface area contributed by atoms with E-state index in [0.29, 0.717) is 28.0 Å². The summed E-state index contributed by atoms with van der Waals surface area (Å²) in [5.74, 6) is 2.04. The van der Waals surface area contributed by atoms with E-state index in [9.17, 15) is 4.57 Å². The summed E-state index contributed by atoms with van der Waals surface area (Å²) in [6, 6.07) is 32.9. The van der Waals surface area contributed by atoms with E-state index in [1.807, 2.05) is 72.8 Å². The van der Waals surface area contributed by atoms with Gasteiger partial charge in [-0.1, -0.05) is 78.3 Å². The van der Waals surface area contributed by atoms with Gasteiger partial charge in [-0.15, -0.1) is 0 Å². The standard InChI is InChI=1S/C27H20ClO4P/c28-21-11-9-10-20(18-21)26-19-27(24-16-7-8-17-25(24)30-26)33(29,31-22-12-3-1-4-13-22)32-23-14-5-2-6-15-23/h1-19,27H. The van der Waals surface area contributed by atoms with E-state index in [1.54, 1.807) is 42.5 Å². The number of para-hydroxylation sites is 3. The number of hydrogen-bond donors (Lipinski definition) is 0. The van der Waals surface area contributed by atoms with Gasteiger partial charge in [0.15, 0.2) is 0 Å². The van der Waals surface area contributed by atoms with Crippen LogP contribution in [0.5, 0.6) is 17.2 Å². The molecule has 1 atom stereocenters. The van der Waals surface area contributed by atoms with Gasteiger partial charge < -0.3 is 13.8 Å². The van der Waals surface area contributed by atoms with Crippen molar-refractivity contribution in [3.63, 3.8) is 0 Å². The number of allylic oxidation sites excluding steroid dienone is 1. The summed E-state index contributed by atoms with van der Waals surface area (Å²) in [7, 11) is -3.83. The second-order valence-electron chi connectivity index (χ2n) is 7.47. The van der Waals surface area contributed by atoms with E-state index in [-0.39, 0.29) is 0 Å². The minimum Gasteiger partial charge on any atom is -0.457 e. The lowest BCUT2D eigenvalue weighted by Gasteiger charge is -2.30. The molecule has 164 valence electrons. The SMILES string of the molecule is O=P(Oc1ccccc1)(Oc1ccccc1)C1C=C(c2cccc(Cl)c2)Oc2ccccc21. The van der Waals surface area contributed by atoms with Gasteiger partial charge in [0.05, 0.1) is 0 Å². The molecule has 0 aliphatic carbocycles. The normalized spacial score (nSPS) is 15.1. The molecule has 5 rings (SSSR count). The van der Waals surface area contributed by atoms with Crippen molar-refractivity contribution < 1.29 is 18.3 Å². The molecule has 0 saturated heterocycles. The van der Waals surface area contributed by atoms with Gasteiger partial charge in [0, 0.05) is 16.1 Å². The van der Waals surface area contributed by atoms with Gasteiger partial charge in [0.2, 0.25) is 0 Å². The van der Waals surface area contributed by atoms with Crippen LogP contribution in [0.15, 0.2) is 115 Å². The Morgan fingerprint density at radius 3 is 1.97 bits per heavy atom. The minimum atomic E-state index is -3.83. The molecule has 33 heavy (non-hydrogen) atoms. The van der Waals surface area contributed by atoms with Gasteiger partial charge in [0.25, 0.3) is 0 Å². The van der Waals surface area contributed by atoms with Crippen LogP contribution in [-0.4, -0.2) is 0 Å². The highest BCUT2D eigenvalue weighted by Crippen LogP contribution is 2.63. The van der Waals surface area contributed by atoms with E-state index >= 15 is 0 Å². The van der Waals surface area contributed by atoms with E-state index < -0.39 is 13.3 Å². The molecule has 4 aromatic rings. The van der Waals surface area contributed by atoms with Crippen molar-refractivity contribution in [2.75, 3.05) is 0 Å². The third-order valence-electron chi connectivity index (χ3n) is 5.17. The largest absolute Gasteiger partial charge is 0.457 e. The molecule has 0 radical (unpaired) electrons. The summed E-state index contributed by atoms with van der Waals surface area (Å²) in [4.78, 5) is 0. The number of hydrogen-bond acceptors (Lipinski definition) is 4. The average molecular weight is 475 g/mol. The second kappa shape index (κ2) is 9.19. The Morgan fingerprint density at radius 1 is 0.727 bits per heavy atom. The van der Waals surface area contributed by atoms with Crippen molar-refractivity contribution in [2.45, 2.75) is 5.66 Å². The lowest BCUT2D eigenvalue weighted by Crippen LogP contribution is -2.15. The third-order valence-corrected chi connectivity index (χ3v) is 7.44. The van der Waals surface area contributed by atoms with E-state index in [1.165, 1.54) is 0 Å². The molecule has 0 N–H and O–H groups in total. The lowest BCUT2D eigenvalue weighted by atomic mass is 10.0. The Kier molecular flexibility index (Phi) is 5.95. The van der Waals surface area contributed by atoms with E-state index in [2.05, 4.69) is 0 Å². The van der Waals surface area contributed by atoms with Crippen LogP contribution in [0, 0.1) is 0 Å². The van der Waals surface area contributed by atoms with E-state index in [0.717, 1.165) is 11.1 Å². The molecule has 1 unspecified atom stereocenters. The Bertz CT molecular complexity index is 1290. The molecule has 1 heterocycles. The molecule has 0 bridgehead atoms. The highest BCUT2D eigenvalue weighted by Gasteiger charge is 2.43. The van der Waals surface area contributed by atoms with Crippen molar-refractivity contribution in [1.29, 1.82) is 0 Å². The van der Waals surface area contributed by atoms with Crippen molar-refractivity contribution >= 4 is 25.0 Å². The molecular weight excluding hydrogens is 455 g/mol. The van der Waals surface area contributed by atoms with Gasteiger partial charge in [-0.2, -0.15) is 0 Å². The van der Waals surface area contributed by atoms with Gasteiger partial charge in [-0.3, -0.25) is 0 Å². The molecule has 0 fully saturated rings. The van der Waals surface area contributed by atoms with Crippen LogP contribution in [0.25, 0.3) is 5.76 Å². The first-order chi connectivity index (χ1) is 16.1. The molecule has 0 aromatic heterocycles. The summed E-state index contributed by atoms with van der Waals surface area (Å²) in [5.41, 5.74) is 0.781. The predicted molar refractivity (Wildman–Crippen MR) is 131 cm³/mol. The molecule has 6 heteroatoms. The lowest BCUT2D eigenvalue weighted by molar-refractivity contribution is 0.375. The van der Waals surface area contributed by atoms with Crippen LogP contribution in [0.2, 0.25) is 5.02 Å². The highest BCUT2D eigenvalue weighted by atomic mass is 35.5. The van der Waals surface area contributed by atoms with Crippen LogP contribution >= 0.6 is 19.2 Å². The minimum absolute atomic E-state index is 0.457. The number of ether oxygens (including phenoxy) is 1. The van der Waals surface area contributed by atoms with Crippen molar-refractivity contribution in [3.8, 4) is 17.2 Å². The van der Waals surface area contributed by atoms with Crippen LogP contribution < -0.4 is 13.8 Å². The zero-order valence-corrected chi connectivity index (χ0v) is 19.2. The fraction of sp³-hybridized carbons (Fsp3) is 0.0370. The molecule has 0 spiro atoms. The van der Waals surface area contributed by atoms with Crippen LogP contribution in [0.1, 0.15) is 16.8 Å². The van der Waals surface area contributed by atoms with Crippen LogP contribution in [-0.2, 0) is 4.57 Å². The van der Waals surface area contributed by atoms with Crippen molar-refractivity contribution in [2.24, 2.45) is 0 Å². The summed E-state index contributed by atoms with van der Waals surface area (Å²) in [6.07, 6.45) is 1.79.